The van der Waals surface area contributed by atoms with Crippen LogP contribution in [0.5, 0.6) is 5.75 Å². The Morgan fingerprint density at radius 1 is 1.42 bits per heavy atom. The molecule has 104 valence electrons. The number of pyridine rings is 1. The Morgan fingerprint density at radius 2 is 2.21 bits per heavy atom. The molecule has 0 aromatic carbocycles. The second-order valence-electron chi connectivity index (χ2n) is 5.63. The standard InChI is InChI=1S/C14H20ClN3O/c1-9(2)17-4-5-18-11(7-17)8-19-13-10(3)12(15)6-16-14(13)18/h6,9,11H,4-5,7-8H2,1-3H3/t11-/m1/s1. The molecule has 5 heteroatoms. The minimum atomic E-state index is 0.400. The molecule has 19 heavy (non-hydrogen) atoms. The fraction of sp³-hybridized carbons (Fsp3) is 0.643. The first-order valence-electron chi connectivity index (χ1n) is 6.86. The number of anilines is 1. The van der Waals surface area contributed by atoms with E-state index in [-0.39, 0.29) is 0 Å². The Labute approximate surface area is 119 Å². The number of aromatic nitrogens is 1. The summed E-state index contributed by atoms with van der Waals surface area (Å²) in [5, 5.41) is 0.679. The van der Waals surface area contributed by atoms with E-state index in [0.717, 1.165) is 43.4 Å². The lowest BCUT2D eigenvalue weighted by atomic mass is 10.1. The Bertz CT molecular complexity index is 492. The van der Waals surface area contributed by atoms with Crippen LogP contribution < -0.4 is 9.64 Å². The van der Waals surface area contributed by atoms with Crippen LogP contribution in [0.3, 0.4) is 0 Å². The van der Waals surface area contributed by atoms with Gasteiger partial charge in [-0.25, -0.2) is 4.98 Å². The van der Waals surface area contributed by atoms with E-state index in [4.69, 9.17) is 16.3 Å². The summed E-state index contributed by atoms with van der Waals surface area (Å²) < 4.78 is 5.92. The van der Waals surface area contributed by atoms with Gasteiger partial charge in [0.15, 0.2) is 11.6 Å². The SMILES string of the molecule is Cc1c(Cl)cnc2c1OC[C@H]1CN(C(C)C)CCN21. The largest absolute Gasteiger partial charge is 0.487 e. The predicted octanol–water partition coefficient (Wildman–Crippen LogP) is 2.33. The maximum absolute atomic E-state index is 6.12. The number of piperazine rings is 1. The van der Waals surface area contributed by atoms with E-state index in [2.05, 4.69) is 28.6 Å². The molecule has 2 aliphatic heterocycles. The molecule has 0 radical (unpaired) electrons. The molecule has 0 N–H and O–H groups in total. The van der Waals surface area contributed by atoms with E-state index < -0.39 is 0 Å². The minimum Gasteiger partial charge on any atom is -0.487 e. The van der Waals surface area contributed by atoms with Crippen molar-refractivity contribution in [3.63, 3.8) is 0 Å². The molecule has 2 aliphatic rings. The highest BCUT2D eigenvalue weighted by atomic mass is 35.5. The first kappa shape index (κ1) is 13.0. The van der Waals surface area contributed by atoms with E-state index in [1.54, 1.807) is 6.20 Å². The van der Waals surface area contributed by atoms with Gasteiger partial charge in [0.1, 0.15) is 6.61 Å². The molecule has 1 aromatic heterocycles. The lowest BCUT2D eigenvalue weighted by Gasteiger charge is -2.46. The van der Waals surface area contributed by atoms with E-state index in [9.17, 15) is 0 Å². The van der Waals surface area contributed by atoms with Gasteiger partial charge in [0.05, 0.1) is 11.1 Å². The highest BCUT2D eigenvalue weighted by Gasteiger charge is 2.35. The van der Waals surface area contributed by atoms with Crippen LogP contribution in [0, 0.1) is 6.92 Å². The first-order chi connectivity index (χ1) is 9.08. The lowest BCUT2D eigenvalue weighted by Crippen LogP contribution is -2.58. The Morgan fingerprint density at radius 3 is 2.95 bits per heavy atom. The van der Waals surface area contributed by atoms with Gasteiger partial charge in [-0.2, -0.15) is 0 Å². The first-order valence-corrected chi connectivity index (χ1v) is 7.24. The highest BCUT2D eigenvalue weighted by Crippen LogP contribution is 2.38. The van der Waals surface area contributed by atoms with Crippen molar-refractivity contribution in [2.75, 3.05) is 31.1 Å². The fourth-order valence-electron chi connectivity index (χ4n) is 2.88. The zero-order chi connectivity index (χ0) is 13.6. The summed E-state index contributed by atoms with van der Waals surface area (Å²) in [5.74, 6) is 1.82. The molecule has 0 bridgehead atoms. The quantitative estimate of drug-likeness (QED) is 0.790. The number of rotatable bonds is 1. The molecule has 0 saturated carbocycles. The topological polar surface area (TPSA) is 28.6 Å². The smallest absolute Gasteiger partial charge is 0.172 e. The third kappa shape index (κ3) is 2.17. The van der Waals surface area contributed by atoms with Crippen LogP contribution in [0.2, 0.25) is 5.02 Å². The van der Waals surface area contributed by atoms with Gasteiger partial charge in [-0.3, -0.25) is 4.90 Å². The summed E-state index contributed by atoms with van der Waals surface area (Å²) in [6.45, 7) is 10.3. The van der Waals surface area contributed by atoms with E-state index in [0.29, 0.717) is 17.1 Å². The number of halogens is 1. The van der Waals surface area contributed by atoms with Crippen LogP contribution in [0.15, 0.2) is 6.20 Å². The molecule has 0 amide bonds. The third-order valence-corrected chi connectivity index (χ3v) is 4.52. The van der Waals surface area contributed by atoms with Crippen molar-refractivity contribution >= 4 is 17.4 Å². The fourth-order valence-corrected chi connectivity index (χ4v) is 3.01. The van der Waals surface area contributed by atoms with Crippen molar-refractivity contribution < 1.29 is 4.74 Å². The van der Waals surface area contributed by atoms with Crippen LogP contribution in [0.25, 0.3) is 0 Å². The molecular formula is C14H20ClN3O. The zero-order valence-corrected chi connectivity index (χ0v) is 12.4. The van der Waals surface area contributed by atoms with Crippen molar-refractivity contribution in [2.24, 2.45) is 0 Å². The van der Waals surface area contributed by atoms with Gasteiger partial charge in [0.25, 0.3) is 0 Å². The highest BCUT2D eigenvalue weighted by molar-refractivity contribution is 6.31. The molecule has 1 saturated heterocycles. The number of nitrogens with zero attached hydrogens (tertiary/aromatic N) is 3. The van der Waals surface area contributed by atoms with Crippen LogP contribution in [-0.4, -0.2) is 48.2 Å². The molecular weight excluding hydrogens is 262 g/mol. The molecule has 1 atom stereocenters. The van der Waals surface area contributed by atoms with Crippen LogP contribution in [0.4, 0.5) is 5.82 Å². The number of hydrogen-bond acceptors (Lipinski definition) is 4. The number of hydrogen-bond donors (Lipinski definition) is 0. The average molecular weight is 282 g/mol. The van der Waals surface area contributed by atoms with E-state index in [1.807, 2.05) is 6.92 Å². The van der Waals surface area contributed by atoms with Crippen molar-refractivity contribution in [3.8, 4) is 5.75 Å². The monoisotopic (exact) mass is 281 g/mol. The lowest BCUT2D eigenvalue weighted by molar-refractivity contribution is 0.140. The summed E-state index contributed by atoms with van der Waals surface area (Å²) in [4.78, 5) is 9.36. The summed E-state index contributed by atoms with van der Waals surface area (Å²) in [5.41, 5.74) is 0.997. The Balaban J connectivity index is 1.89. The van der Waals surface area contributed by atoms with E-state index >= 15 is 0 Å². The average Bonchev–Trinajstić information content (AvgIpc) is 2.41. The number of fused-ring (bicyclic) bond motifs is 3. The van der Waals surface area contributed by atoms with Gasteiger partial charge in [-0.1, -0.05) is 11.6 Å². The van der Waals surface area contributed by atoms with E-state index in [1.165, 1.54) is 0 Å². The van der Waals surface area contributed by atoms with Gasteiger partial charge >= 0.3 is 0 Å². The summed E-state index contributed by atoms with van der Waals surface area (Å²) in [6.07, 6.45) is 1.73. The maximum Gasteiger partial charge on any atom is 0.172 e. The molecule has 0 spiro atoms. The van der Waals surface area contributed by atoms with Crippen molar-refractivity contribution in [2.45, 2.75) is 32.9 Å². The van der Waals surface area contributed by atoms with Gasteiger partial charge in [0.2, 0.25) is 0 Å². The number of ether oxygens (including phenoxy) is 1. The van der Waals surface area contributed by atoms with Crippen LogP contribution >= 0.6 is 11.6 Å². The molecule has 0 aliphatic carbocycles. The van der Waals surface area contributed by atoms with Gasteiger partial charge in [-0.05, 0) is 20.8 Å². The molecule has 4 nitrogen and oxygen atoms in total. The Hall–Kier alpha value is -1.00. The Kier molecular flexibility index (Phi) is 3.31. The molecule has 0 unspecified atom stereocenters. The van der Waals surface area contributed by atoms with Gasteiger partial charge in [-0.15, -0.1) is 0 Å². The zero-order valence-electron chi connectivity index (χ0n) is 11.7. The summed E-state index contributed by atoms with van der Waals surface area (Å²) >= 11 is 6.12. The van der Waals surface area contributed by atoms with Crippen molar-refractivity contribution in [1.82, 2.24) is 9.88 Å². The summed E-state index contributed by atoms with van der Waals surface area (Å²) in [7, 11) is 0. The minimum absolute atomic E-state index is 0.400. The van der Waals surface area contributed by atoms with Crippen LogP contribution in [-0.2, 0) is 0 Å². The molecule has 3 heterocycles. The second-order valence-corrected chi connectivity index (χ2v) is 6.04. The second kappa shape index (κ2) is 4.84. The molecule has 1 fully saturated rings. The van der Waals surface area contributed by atoms with Gasteiger partial charge in [0, 0.05) is 37.4 Å². The van der Waals surface area contributed by atoms with Crippen molar-refractivity contribution in [1.29, 1.82) is 0 Å². The normalized spacial score (nSPS) is 23.0. The maximum atomic E-state index is 6.12. The molecule has 1 aromatic rings. The predicted molar refractivity (Wildman–Crippen MR) is 77.3 cm³/mol. The van der Waals surface area contributed by atoms with Gasteiger partial charge < -0.3 is 9.64 Å². The van der Waals surface area contributed by atoms with Crippen LogP contribution in [0.1, 0.15) is 19.4 Å². The molecule has 3 rings (SSSR count). The summed E-state index contributed by atoms with van der Waals surface area (Å²) in [6, 6.07) is 0.986. The van der Waals surface area contributed by atoms with Crippen molar-refractivity contribution in [3.05, 3.63) is 16.8 Å². The third-order valence-electron chi connectivity index (χ3n) is 4.14.